The average molecular weight is 867 g/mol. The Bertz CT molecular complexity index is 2020. The number of hydrogen-bond acceptors (Lipinski definition) is 6. The quantitative estimate of drug-likeness (QED) is 0.0858. The van der Waals surface area contributed by atoms with E-state index in [4.69, 9.17) is 9.97 Å². The summed E-state index contributed by atoms with van der Waals surface area (Å²) in [5.41, 5.74) is 7.72. The second kappa shape index (κ2) is 17.7. The molecule has 267 valence electrons. The van der Waals surface area contributed by atoms with Crippen molar-refractivity contribution in [2.75, 3.05) is 0 Å². The van der Waals surface area contributed by atoms with Crippen molar-refractivity contribution in [3.8, 4) is 17.3 Å². The Kier molecular flexibility index (Phi) is 14.5. The molecule has 1 radical (unpaired) electrons. The molecule has 0 fully saturated rings. The van der Waals surface area contributed by atoms with Gasteiger partial charge >= 0.3 is 0 Å². The van der Waals surface area contributed by atoms with Crippen molar-refractivity contribution in [1.82, 2.24) is 9.97 Å². The number of nitrogens with zero attached hydrogens (tertiary/aromatic N) is 3. The van der Waals surface area contributed by atoms with Crippen LogP contribution in [0.25, 0.3) is 42.3 Å². The molecular weight excluding hydrogens is 815 g/mol. The van der Waals surface area contributed by atoms with E-state index in [9.17, 15) is 15.2 Å². The Hall–Kier alpha value is -3.43. The van der Waals surface area contributed by atoms with E-state index in [0.717, 1.165) is 64.4 Å². The summed E-state index contributed by atoms with van der Waals surface area (Å²) >= 11 is 1.78. The number of benzene rings is 3. The van der Waals surface area contributed by atoms with Gasteiger partial charge in [0.1, 0.15) is 6.33 Å². The number of rotatable bonds is 10. The minimum Gasteiger partial charge on any atom is -0.512 e. The fraction of sp³-hybridized carbons (Fsp3) is 0.442. The Morgan fingerprint density at radius 2 is 1.60 bits per heavy atom. The number of hydrogen-bond donors (Lipinski definition) is 1. The fourth-order valence-electron chi connectivity index (χ4n) is 6.54. The predicted molar refractivity (Wildman–Crippen MR) is 207 cm³/mol. The van der Waals surface area contributed by atoms with Crippen molar-refractivity contribution >= 4 is 48.2 Å². The molecule has 5 rings (SSSR count). The van der Waals surface area contributed by atoms with Gasteiger partial charge in [-0.2, -0.15) is 5.26 Å². The molecule has 2 heterocycles. The summed E-state index contributed by atoms with van der Waals surface area (Å²) in [4.78, 5) is 21.1. The fourth-order valence-corrected chi connectivity index (χ4v) is 7.82. The Balaban J connectivity index is 0.000000361. The van der Waals surface area contributed by atoms with Crippen LogP contribution in [0.15, 0.2) is 54.6 Å². The summed E-state index contributed by atoms with van der Waals surface area (Å²) in [5, 5.41) is 22.5. The standard InChI is InChI=1S/C30H28N3S.C13H24O2.Ir/c1-17(2)25-13-22(12-21-11-19(15-31)7-9-23(21)25)26-29-27(33-16-32-26)24-10-8-20(14-30(4,5)6)18(3)28(24)34-29;1-5-10(6-2)12(14)9-13(15)11(7-3)8-4;/h7-11,13,16-17H,14H2,1-6H3;9-11,14H,5-8H2,1-4H3;/q-1;;/b;12-9-;. The molecule has 0 aliphatic rings. The number of ketones is 1. The van der Waals surface area contributed by atoms with Crippen molar-refractivity contribution in [3.63, 3.8) is 0 Å². The summed E-state index contributed by atoms with van der Waals surface area (Å²) in [6.07, 6.45) is 7.61. The number of aryl methyl sites for hydroxylation is 1. The van der Waals surface area contributed by atoms with Gasteiger partial charge in [-0.1, -0.05) is 97.5 Å². The zero-order chi connectivity index (χ0) is 36.0. The van der Waals surface area contributed by atoms with E-state index in [-0.39, 0.29) is 48.9 Å². The van der Waals surface area contributed by atoms with Crippen LogP contribution in [0.2, 0.25) is 0 Å². The second-order valence-electron chi connectivity index (χ2n) is 14.6. The summed E-state index contributed by atoms with van der Waals surface area (Å²) < 4.78 is 2.38. The van der Waals surface area contributed by atoms with Gasteiger partial charge in [0, 0.05) is 64.1 Å². The number of fused-ring (bicyclic) bond motifs is 4. The maximum Gasteiger partial charge on any atom is 0.162 e. The molecule has 1 N–H and O–H groups in total. The first-order chi connectivity index (χ1) is 23.3. The van der Waals surface area contributed by atoms with E-state index in [1.54, 1.807) is 17.7 Å². The Morgan fingerprint density at radius 3 is 2.18 bits per heavy atom. The maximum atomic E-state index is 11.7. The van der Waals surface area contributed by atoms with E-state index in [0.29, 0.717) is 11.5 Å². The summed E-state index contributed by atoms with van der Waals surface area (Å²) in [6, 6.07) is 18.4. The van der Waals surface area contributed by atoms with Gasteiger partial charge in [-0.05, 0) is 61.5 Å². The molecule has 2 aromatic heterocycles. The normalized spacial score (nSPS) is 12.0. The molecule has 0 bridgehead atoms. The molecule has 0 unspecified atom stereocenters. The Morgan fingerprint density at radius 1 is 0.960 bits per heavy atom. The van der Waals surface area contributed by atoms with Crippen molar-refractivity contribution in [2.45, 2.75) is 107 Å². The first-order valence-electron chi connectivity index (χ1n) is 17.8. The molecule has 0 aliphatic carbocycles. The van der Waals surface area contributed by atoms with Gasteiger partial charge in [0.2, 0.25) is 0 Å². The maximum absolute atomic E-state index is 11.7. The van der Waals surface area contributed by atoms with E-state index < -0.39 is 0 Å². The summed E-state index contributed by atoms with van der Waals surface area (Å²) in [7, 11) is 0. The largest absolute Gasteiger partial charge is 0.512 e. The SMILES string of the molecule is CCC(CC)C(=O)/C=C(\O)C(CC)CC.Cc1c(CC(C)(C)C)ccc2c1sc1c(-c3[c-]c4cc(C#N)ccc4c(C(C)C)c3)ncnc12.[Ir]. The topological polar surface area (TPSA) is 86.9 Å². The van der Waals surface area contributed by atoms with E-state index in [2.05, 4.69) is 71.9 Å². The molecule has 3 aromatic carbocycles. The Labute approximate surface area is 316 Å². The van der Waals surface area contributed by atoms with Gasteiger partial charge in [-0.25, -0.2) is 4.98 Å². The number of nitriles is 1. The van der Waals surface area contributed by atoms with Crippen LogP contribution >= 0.6 is 11.3 Å². The van der Waals surface area contributed by atoms with Crippen LogP contribution in [0.1, 0.15) is 116 Å². The van der Waals surface area contributed by atoms with Crippen molar-refractivity contribution in [2.24, 2.45) is 17.3 Å². The minimum atomic E-state index is 0. The zero-order valence-corrected chi connectivity index (χ0v) is 34.5. The molecule has 5 nitrogen and oxygen atoms in total. The number of allylic oxidation sites excluding steroid dienone is 2. The van der Waals surface area contributed by atoms with Gasteiger partial charge in [-0.3, -0.25) is 9.78 Å². The smallest absolute Gasteiger partial charge is 0.162 e. The summed E-state index contributed by atoms with van der Waals surface area (Å²) in [6.45, 7) is 21.5. The molecule has 50 heavy (non-hydrogen) atoms. The molecule has 0 atom stereocenters. The van der Waals surface area contributed by atoms with Gasteiger partial charge in [-0.15, -0.1) is 40.5 Å². The van der Waals surface area contributed by atoms with Crippen LogP contribution in [0.3, 0.4) is 0 Å². The number of carbonyl (C=O) groups excluding carboxylic acids is 1. The summed E-state index contributed by atoms with van der Waals surface area (Å²) in [5.74, 6) is 0.886. The van der Waals surface area contributed by atoms with Crippen LogP contribution in [0.5, 0.6) is 0 Å². The number of aromatic nitrogens is 2. The van der Waals surface area contributed by atoms with Crippen LogP contribution in [0.4, 0.5) is 0 Å². The first kappa shape index (κ1) is 41.0. The number of aliphatic hydroxyl groups is 1. The van der Waals surface area contributed by atoms with Crippen LogP contribution in [-0.2, 0) is 31.3 Å². The molecule has 0 aliphatic heterocycles. The van der Waals surface area contributed by atoms with E-state index >= 15 is 0 Å². The monoisotopic (exact) mass is 867 g/mol. The molecule has 0 amide bonds. The number of thiophene rings is 1. The minimum absolute atomic E-state index is 0. The van der Waals surface area contributed by atoms with Gasteiger partial charge < -0.3 is 5.11 Å². The van der Waals surface area contributed by atoms with E-state index in [1.165, 1.54) is 32.9 Å². The van der Waals surface area contributed by atoms with Gasteiger partial charge in [0.05, 0.1) is 17.3 Å². The third kappa shape index (κ3) is 9.26. The van der Waals surface area contributed by atoms with E-state index in [1.807, 2.05) is 45.9 Å². The first-order valence-corrected chi connectivity index (χ1v) is 18.6. The molecular formula is C43H52IrN3O2S-. The number of carbonyl (C=O) groups is 1. The van der Waals surface area contributed by atoms with Crippen LogP contribution < -0.4 is 0 Å². The number of aliphatic hydroxyl groups excluding tert-OH is 1. The average Bonchev–Trinajstić information content (AvgIpc) is 3.45. The third-order valence-electron chi connectivity index (χ3n) is 9.49. The molecule has 0 spiro atoms. The van der Waals surface area contributed by atoms with Crippen LogP contribution in [0, 0.1) is 41.6 Å². The zero-order valence-electron chi connectivity index (χ0n) is 31.3. The third-order valence-corrected chi connectivity index (χ3v) is 10.8. The van der Waals surface area contributed by atoms with Gasteiger partial charge in [0.25, 0.3) is 0 Å². The molecule has 5 aromatic rings. The molecule has 0 saturated heterocycles. The molecule has 7 heteroatoms. The second-order valence-corrected chi connectivity index (χ2v) is 15.7. The van der Waals surface area contributed by atoms with Crippen molar-refractivity contribution in [3.05, 3.63) is 82.9 Å². The van der Waals surface area contributed by atoms with Crippen molar-refractivity contribution in [1.29, 1.82) is 5.26 Å². The van der Waals surface area contributed by atoms with Crippen LogP contribution in [-0.4, -0.2) is 20.9 Å². The predicted octanol–water partition coefficient (Wildman–Crippen LogP) is 12.2. The van der Waals surface area contributed by atoms with Gasteiger partial charge in [0.15, 0.2) is 5.78 Å². The molecule has 0 saturated carbocycles. The van der Waals surface area contributed by atoms with Crippen molar-refractivity contribution < 1.29 is 30.0 Å².